The maximum absolute atomic E-state index is 2.51. The van der Waals surface area contributed by atoms with Gasteiger partial charge in [-0.2, -0.15) is 0 Å². The largest absolute Gasteiger partial charge is 0.0888 e. The van der Waals surface area contributed by atoms with Gasteiger partial charge >= 0.3 is 0 Å². The van der Waals surface area contributed by atoms with E-state index in [4.69, 9.17) is 0 Å². The van der Waals surface area contributed by atoms with Gasteiger partial charge in [0.25, 0.3) is 0 Å². The summed E-state index contributed by atoms with van der Waals surface area (Å²) in [5.74, 6) is 4.20. The lowest BCUT2D eigenvalue weighted by Crippen LogP contribution is -2.16. The molecule has 23 heavy (non-hydrogen) atoms. The molecule has 132 valence electrons. The minimum atomic E-state index is 0.987. The van der Waals surface area contributed by atoms with Crippen molar-refractivity contribution in [2.75, 3.05) is 0 Å². The van der Waals surface area contributed by atoms with Crippen LogP contribution < -0.4 is 0 Å². The first-order valence-electron chi connectivity index (χ1n) is 10.7. The van der Waals surface area contributed by atoms with Gasteiger partial charge in [0.1, 0.15) is 0 Å². The average Bonchev–Trinajstić information content (AvgIpc) is 3.31. The number of unbranched alkanes of at least 4 members (excludes halogenated alkanes) is 5. The zero-order chi connectivity index (χ0) is 16.3. The quantitative estimate of drug-likeness (QED) is 0.318. The van der Waals surface area contributed by atoms with Crippen molar-refractivity contribution in [2.45, 2.75) is 97.3 Å². The summed E-state index contributed by atoms with van der Waals surface area (Å²) in [4.78, 5) is 0. The minimum absolute atomic E-state index is 0.987. The zero-order valence-electron chi connectivity index (χ0n) is 15.8. The van der Waals surface area contributed by atoms with Crippen LogP contribution in [0, 0.1) is 23.7 Å². The molecular weight excluding hydrogens is 276 g/mol. The predicted octanol–water partition coefficient (Wildman–Crippen LogP) is 7.70. The molecule has 0 aromatic rings. The van der Waals surface area contributed by atoms with E-state index in [1.807, 2.05) is 0 Å². The van der Waals surface area contributed by atoms with Gasteiger partial charge in [-0.15, -0.1) is 0 Å². The Morgan fingerprint density at radius 1 is 0.870 bits per heavy atom. The molecule has 3 rings (SSSR count). The molecule has 0 heterocycles. The van der Waals surface area contributed by atoms with Crippen molar-refractivity contribution in [1.29, 1.82) is 0 Å². The summed E-state index contributed by atoms with van der Waals surface area (Å²) in [6, 6.07) is 0. The van der Waals surface area contributed by atoms with Crippen LogP contribution in [-0.2, 0) is 0 Å². The number of hydrogen-bond acceptors (Lipinski definition) is 0. The summed E-state index contributed by atoms with van der Waals surface area (Å²) in [5, 5.41) is 0. The smallest absolute Gasteiger partial charge is 0.0197 e. The standard InChI is InChI=1S/C12H18.C11H22/c1-2-4-10(3-1)12-8-9-5-6-11(12)7-9;1-3-5-7-9-11-10-8-6-4-2/h5-6,9-12H,1-4,7-8H2;5,7H,3-4,6,8-11H2,1-2H3. The topological polar surface area (TPSA) is 0 Å². The maximum Gasteiger partial charge on any atom is -0.0197 e. The molecule has 0 aliphatic heterocycles. The Balaban J connectivity index is 0.000000168. The lowest BCUT2D eigenvalue weighted by molar-refractivity contribution is 0.293. The van der Waals surface area contributed by atoms with E-state index in [2.05, 4.69) is 38.2 Å². The molecule has 0 radical (unpaired) electrons. The number of hydrogen-bond donors (Lipinski definition) is 0. The van der Waals surface area contributed by atoms with Gasteiger partial charge in [0.15, 0.2) is 0 Å². The molecule has 0 spiro atoms. The van der Waals surface area contributed by atoms with Crippen LogP contribution in [0.2, 0.25) is 0 Å². The summed E-state index contributed by atoms with van der Waals surface area (Å²) >= 11 is 0. The van der Waals surface area contributed by atoms with Crippen molar-refractivity contribution in [2.24, 2.45) is 23.7 Å². The molecule has 2 fully saturated rings. The van der Waals surface area contributed by atoms with Gasteiger partial charge in [0.2, 0.25) is 0 Å². The molecule has 2 bridgehead atoms. The van der Waals surface area contributed by atoms with Crippen LogP contribution in [0.3, 0.4) is 0 Å². The Kier molecular flexibility index (Phi) is 9.09. The third kappa shape index (κ3) is 6.48. The first kappa shape index (κ1) is 18.8. The third-order valence-electron chi connectivity index (χ3n) is 6.21. The number of allylic oxidation sites excluding steroid dienone is 4. The molecule has 0 aromatic heterocycles. The molecule has 0 nitrogen and oxygen atoms in total. The second-order valence-corrected chi connectivity index (χ2v) is 8.07. The van der Waals surface area contributed by atoms with Gasteiger partial charge in [0, 0.05) is 0 Å². The van der Waals surface area contributed by atoms with Crippen LogP contribution >= 0.6 is 0 Å². The second kappa shape index (κ2) is 11.1. The summed E-state index contributed by atoms with van der Waals surface area (Å²) in [7, 11) is 0. The first-order valence-corrected chi connectivity index (χ1v) is 10.7. The molecule has 0 N–H and O–H groups in total. The number of fused-ring (bicyclic) bond motifs is 2. The molecule has 3 atom stereocenters. The van der Waals surface area contributed by atoms with Gasteiger partial charge < -0.3 is 0 Å². The van der Waals surface area contributed by atoms with Gasteiger partial charge in [-0.05, 0) is 55.8 Å². The highest BCUT2D eigenvalue weighted by Crippen LogP contribution is 2.50. The normalized spacial score (nSPS) is 29.4. The molecule has 3 aliphatic carbocycles. The van der Waals surface area contributed by atoms with Crippen LogP contribution in [0.15, 0.2) is 24.3 Å². The van der Waals surface area contributed by atoms with Crippen LogP contribution in [0.4, 0.5) is 0 Å². The Morgan fingerprint density at radius 2 is 1.65 bits per heavy atom. The van der Waals surface area contributed by atoms with Gasteiger partial charge in [0.05, 0.1) is 0 Å². The van der Waals surface area contributed by atoms with Crippen molar-refractivity contribution in [1.82, 2.24) is 0 Å². The SMILES string of the molecule is C1=CC2CC1CC2C1CCCC1.CCC=CCCCCCCC. The van der Waals surface area contributed by atoms with Gasteiger partial charge in [-0.1, -0.05) is 89.5 Å². The average molecular weight is 317 g/mol. The van der Waals surface area contributed by atoms with Crippen LogP contribution in [-0.4, -0.2) is 0 Å². The predicted molar refractivity (Wildman–Crippen MR) is 104 cm³/mol. The van der Waals surface area contributed by atoms with E-state index in [1.165, 1.54) is 70.6 Å². The van der Waals surface area contributed by atoms with E-state index in [9.17, 15) is 0 Å². The molecule has 0 amide bonds. The van der Waals surface area contributed by atoms with E-state index in [1.54, 1.807) is 12.8 Å². The lowest BCUT2D eigenvalue weighted by atomic mass is 9.81. The second-order valence-electron chi connectivity index (χ2n) is 8.07. The van der Waals surface area contributed by atoms with E-state index < -0.39 is 0 Å². The lowest BCUT2D eigenvalue weighted by Gasteiger charge is -2.24. The Hall–Kier alpha value is -0.520. The highest BCUT2D eigenvalue weighted by Gasteiger charge is 2.40. The third-order valence-corrected chi connectivity index (χ3v) is 6.21. The molecule has 0 saturated heterocycles. The summed E-state index contributed by atoms with van der Waals surface area (Å²) in [5.41, 5.74) is 0. The fraction of sp³-hybridized carbons (Fsp3) is 0.826. The van der Waals surface area contributed by atoms with Crippen molar-refractivity contribution < 1.29 is 0 Å². The molecule has 3 unspecified atom stereocenters. The molecular formula is C23H40. The fourth-order valence-corrected chi connectivity index (χ4v) is 4.90. The fourth-order valence-electron chi connectivity index (χ4n) is 4.90. The van der Waals surface area contributed by atoms with E-state index in [0.29, 0.717) is 0 Å². The molecule has 0 aromatic carbocycles. The first-order chi connectivity index (χ1) is 11.3. The number of rotatable bonds is 8. The monoisotopic (exact) mass is 316 g/mol. The highest BCUT2D eigenvalue weighted by molar-refractivity contribution is 5.11. The van der Waals surface area contributed by atoms with E-state index in [0.717, 1.165) is 23.7 Å². The maximum atomic E-state index is 2.51. The minimum Gasteiger partial charge on any atom is -0.0888 e. The summed E-state index contributed by atoms with van der Waals surface area (Å²) in [6.07, 6.45) is 28.2. The highest BCUT2D eigenvalue weighted by atomic mass is 14.4. The van der Waals surface area contributed by atoms with Crippen LogP contribution in [0.1, 0.15) is 97.3 Å². The zero-order valence-corrected chi connectivity index (χ0v) is 15.8. The molecule has 0 heteroatoms. The van der Waals surface area contributed by atoms with Crippen molar-refractivity contribution in [3.8, 4) is 0 Å². The Labute approximate surface area is 145 Å². The van der Waals surface area contributed by atoms with Crippen LogP contribution in [0.25, 0.3) is 0 Å². The Bertz CT molecular complexity index is 345. The molecule has 2 saturated carbocycles. The Morgan fingerprint density at radius 3 is 2.26 bits per heavy atom. The van der Waals surface area contributed by atoms with E-state index >= 15 is 0 Å². The van der Waals surface area contributed by atoms with Crippen LogP contribution in [0.5, 0.6) is 0 Å². The summed E-state index contributed by atoms with van der Waals surface area (Å²) in [6.45, 7) is 4.45. The van der Waals surface area contributed by atoms with Gasteiger partial charge in [-0.25, -0.2) is 0 Å². The summed E-state index contributed by atoms with van der Waals surface area (Å²) < 4.78 is 0. The van der Waals surface area contributed by atoms with E-state index in [-0.39, 0.29) is 0 Å². The van der Waals surface area contributed by atoms with Crippen molar-refractivity contribution in [3.05, 3.63) is 24.3 Å². The molecule has 3 aliphatic rings. The van der Waals surface area contributed by atoms with Gasteiger partial charge in [-0.3, -0.25) is 0 Å². The van der Waals surface area contributed by atoms with Crippen molar-refractivity contribution in [3.63, 3.8) is 0 Å². The van der Waals surface area contributed by atoms with Crippen molar-refractivity contribution >= 4 is 0 Å².